The van der Waals surface area contributed by atoms with Crippen molar-refractivity contribution in [2.24, 2.45) is 34.3 Å². The van der Waals surface area contributed by atoms with Gasteiger partial charge in [-0.1, -0.05) is 20.8 Å². The van der Waals surface area contributed by atoms with Crippen molar-refractivity contribution >= 4 is 5.91 Å². The van der Waals surface area contributed by atoms with Crippen LogP contribution in [-0.4, -0.2) is 18.5 Å². The molecule has 0 aromatic heterocycles. The number of amides is 1. The number of carbonyl (C=O) groups excluding carboxylic acids is 1. The fraction of sp³-hybridized carbons (Fsp3) is 0.944. The predicted molar refractivity (Wildman–Crippen MR) is 85.7 cm³/mol. The van der Waals surface area contributed by atoms with Gasteiger partial charge in [-0.3, -0.25) is 4.79 Å². The van der Waals surface area contributed by atoms with Gasteiger partial charge in [0.25, 0.3) is 0 Å². The van der Waals surface area contributed by atoms with E-state index in [0.717, 1.165) is 38.1 Å². The van der Waals surface area contributed by atoms with Crippen molar-refractivity contribution in [3.8, 4) is 0 Å². The van der Waals surface area contributed by atoms with Crippen molar-refractivity contribution < 1.29 is 4.79 Å². The van der Waals surface area contributed by atoms with Crippen LogP contribution in [0.1, 0.15) is 65.7 Å². The number of nitrogens with one attached hydrogen (secondary N) is 1. The normalized spacial score (nSPS) is 44.8. The Hall–Kier alpha value is -0.570. The first kappa shape index (κ1) is 15.3. The highest BCUT2D eigenvalue weighted by atomic mass is 16.2. The molecule has 1 amide bonds. The quantitative estimate of drug-likeness (QED) is 0.840. The van der Waals surface area contributed by atoms with E-state index < -0.39 is 0 Å². The molecule has 3 atom stereocenters. The van der Waals surface area contributed by atoms with E-state index >= 15 is 0 Å². The lowest BCUT2D eigenvalue weighted by atomic mass is 9.68. The van der Waals surface area contributed by atoms with Gasteiger partial charge in [0.05, 0.1) is 0 Å². The number of hydrogen-bond donors (Lipinski definition) is 2. The van der Waals surface area contributed by atoms with E-state index in [0.29, 0.717) is 23.3 Å². The van der Waals surface area contributed by atoms with Crippen LogP contribution < -0.4 is 11.1 Å². The Morgan fingerprint density at radius 2 is 1.81 bits per heavy atom. The van der Waals surface area contributed by atoms with Crippen molar-refractivity contribution in [2.45, 2.75) is 71.8 Å². The molecule has 0 saturated heterocycles. The summed E-state index contributed by atoms with van der Waals surface area (Å²) in [7, 11) is 0. The maximum absolute atomic E-state index is 12.7. The average molecular weight is 292 g/mol. The van der Waals surface area contributed by atoms with Gasteiger partial charge in [0.2, 0.25) is 5.91 Å². The topological polar surface area (TPSA) is 55.1 Å². The Balaban J connectivity index is 1.63. The molecule has 0 spiro atoms. The summed E-state index contributed by atoms with van der Waals surface area (Å²) in [5.74, 6) is 1.98. The van der Waals surface area contributed by atoms with Gasteiger partial charge in [-0.2, -0.15) is 0 Å². The Morgan fingerprint density at radius 3 is 2.33 bits per heavy atom. The molecule has 3 rings (SSSR count). The highest BCUT2D eigenvalue weighted by Crippen LogP contribution is 2.62. The number of hydrogen-bond acceptors (Lipinski definition) is 2. The molecular weight excluding hydrogens is 260 g/mol. The summed E-state index contributed by atoms with van der Waals surface area (Å²) in [6, 6.07) is 0.364. The first-order valence-electron chi connectivity index (χ1n) is 8.87. The largest absolute Gasteiger partial charge is 0.352 e. The molecule has 2 bridgehead atoms. The molecule has 0 radical (unpaired) electrons. The van der Waals surface area contributed by atoms with Gasteiger partial charge < -0.3 is 11.1 Å². The van der Waals surface area contributed by atoms with Crippen LogP contribution in [0.5, 0.6) is 0 Å². The highest BCUT2D eigenvalue weighted by Gasteiger charge is 2.59. The summed E-state index contributed by atoms with van der Waals surface area (Å²) in [6.07, 6.45) is 8.24. The van der Waals surface area contributed by atoms with E-state index in [-0.39, 0.29) is 11.3 Å². The second kappa shape index (κ2) is 5.26. The van der Waals surface area contributed by atoms with Gasteiger partial charge >= 0.3 is 0 Å². The van der Waals surface area contributed by atoms with Crippen LogP contribution >= 0.6 is 0 Å². The lowest BCUT2D eigenvalue weighted by molar-refractivity contribution is -0.129. The number of nitrogens with two attached hydrogens (primary N) is 1. The molecular formula is C18H32N2O. The molecule has 3 unspecified atom stereocenters. The van der Waals surface area contributed by atoms with Crippen LogP contribution in [-0.2, 0) is 4.79 Å². The minimum absolute atomic E-state index is 0.228. The highest BCUT2D eigenvalue weighted by molar-refractivity contribution is 5.79. The summed E-state index contributed by atoms with van der Waals surface area (Å²) < 4.78 is 0. The van der Waals surface area contributed by atoms with E-state index in [9.17, 15) is 4.79 Å². The monoisotopic (exact) mass is 292 g/mol. The Kier molecular flexibility index (Phi) is 3.84. The van der Waals surface area contributed by atoms with Crippen LogP contribution in [0.3, 0.4) is 0 Å². The number of carbonyl (C=O) groups is 1. The third-order valence-corrected chi connectivity index (χ3v) is 7.11. The second-order valence-electron chi connectivity index (χ2n) is 8.81. The molecule has 0 heterocycles. The molecule has 3 N–H and O–H groups in total. The third kappa shape index (κ3) is 2.52. The van der Waals surface area contributed by atoms with E-state index in [1.807, 2.05) is 0 Å². The van der Waals surface area contributed by atoms with Gasteiger partial charge in [-0.05, 0) is 74.2 Å². The maximum Gasteiger partial charge on any atom is 0.223 e. The van der Waals surface area contributed by atoms with Crippen LogP contribution in [0.15, 0.2) is 0 Å². The van der Waals surface area contributed by atoms with Gasteiger partial charge in [0.15, 0.2) is 0 Å². The molecule has 120 valence electrons. The van der Waals surface area contributed by atoms with Crippen LogP contribution in [0.2, 0.25) is 0 Å². The maximum atomic E-state index is 12.7. The molecule has 3 aliphatic carbocycles. The molecule has 3 heteroatoms. The smallest absolute Gasteiger partial charge is 0.223 e. The third-order valence-electron chi connectivity index (χ3n) is 7.11. The summed E-state index contributed by atoms with van der Waals surface area (Å²) in [4.78, 5) is 12.7. The Morgan fingerprint density at radius 1 is 1.14 bits per heavy atom. The number of rotatable bonds is 3. The molecule has 3 nitrogen and oxygen atoms in total. The lowest BCUT2D eigenvalue weighted by Crippen LogP contribution is -2.54. The fourth-order valence-electron chi connectivity index (χ4n) is 5.58. The summed E-state index contributed by atoms with van der Waals surface area (Å²) in [5.41, 5.74) is 6.34. The molecule has 3 aliphatic rings. The Bertz CT molecular complexity index is 407. The van der Waals surface area contributed by atoms with Crippen LogP contribution in [0, 0.1) is 28.6 Å². The minimum atomic E-state index is 0.228. The van der Waals surface area contributed by atoms with Gasteiger partial charge in [0.1, 0.15) is 0 Å². The molecule has 3 saturated carbocycles. The standard InChI is InChI=1S/C18H32N2O/c1-17(2)14-8-9-18(3,10-14)16(17)20-15(21)13-6-4-12(11-19)5-7-13/h12-14,16H,4-11,19H2,1-3H3,(H,20,21). The second-order valence-corrected chi connectivity index (χ2v) is 8.81. The summed E-state index contributed by atoms with van der Waals surface area (Å²) in [5, 5.41) is 3.47. The molecule has 0 aliphatic heterocycles. The Labute approximate surface area is 129 Å². The van der Waals surface area contributed by atoms with E-state index in [1.165, 1.54) is 19.3 Å². The van der Waals surface area contributed by atoms with E-state index in [1.54, 1.807) is 0 Å². The van der Waals surface area contributed by atoms with Crippen LogP contribution in [0.25, 0.3) is 0 Å². The SMILES string of the molecule is CC12CCC(C1)C(C)(C)C2NC(=O)C1CCC(CN)CC1. The zero-order valence-electron chi connectivity index (χ0n) is 14.0. The van der Waals surface area contributed by atoms with Gasteiger partial charge in [-0.15, -0.1) is 0 Å². The van der Waals surface area contributed by atoms with Crippen molar-refractivity contribution in [3.05, 3.63) is 0 Å². The zero-order valence-corrected chi connectivity index (χ0v) is 14.0. The first-order chi connectivity index (χ1) is 9.87. The number of fused-ring (bicyclic) bond motifs is 2. The van der Waals surface area contributed by atoms with Crippen molar-refractivity contribution in [1.29, 1.82) is 0 Å². The van der Waals surface area contributed by atoms with Crippen molar-refractivity contribution in [1.82, 2.24) is 5.32 Å². The summed E-state index contributed by atoms with van der Waals surface area (Å²) in [6.45, 7) is 7.89. The van der Waals surface area contributed by atoms with Gasteiger partial charge in [0, 0.05) is 12.0 Å². The average Bonchev–Trinajstić information content (AvgIpc) is 2.94. The van der Waals surface area contributed by atoms with Crippen molar-refractivity contribution in [2.75, 3.05) is 6.54 Å². The molecule has 0 aromatic carbocycles. The molecule has 21 heavy (non-hydrogen) atoms. The fourth-order valence-corrected chi connectivity index (χ4v) is 5.58. The summed E-state index contributed by atoms with van der Waals surface area (Å²) >= 11 is 0. The first-order valence-corrected chi connectivity index (χ1v) is 8.87. The lowest BCUT2D eigenvalue weighted by Gasteiger charge is -2.44. The zero-order chi connectivity index (χ0) is 15.3. The molecule has 0 aromatic rings. The minimum Gasteiger partial charge on any atom is -0.352 e. The van der Waals surface area contributed by atoms with Crippen LogP contribution in [0.4, 0.5) is 0 Å². The molecule has 3 fully saturated rings. The van der Waals surface area contributed by atoms with Gasteiger partial charge in [-0.25, -0.2) is 0 Å². The predicted octanol–water partition coefficient (Wildman–Crippen LogP) is 3.08. The van der Waals surface area contributed by atoms with Crippen molar-refractivity contribution in [3.63, 3.8) is 0 Å². The van der Waals surface area contributed by atoms with E-state index in [4.69, 9.17) is 5.73 Å². The van der Waals surface area contributed by atoms with E-state index in [2.05, 4.69) is 26.1 Å².